The van der Waals surface area contributed by atoms with E-state index >= 15 is 0 Å². The molecule has 1 heterocycles. The van der Waals surface area contributed by atoms with Crippen molar-refractivity contribution in [2.24, 2.45) is 0 Å². The maximum absolute atomic E-state index is 12.1. The zero-order valence-electron chi connectivity index (χ0n) is 10.9. The number of hydrogen-bond donors (Lipinski definition) is 1. The number of thioether (sulfide) groups is 1. The molecule has 1 aromatic rings. The third-order valence-corrected chi connectivity index (χ3v) is 4.49. The predicted molar refractivity (Wildman–Crippen MR) is 80.7 cm³/mol. The van der Waals surface area contributed by atoms with Gasteiger partial charge in [-0.15, -0.1) is 11.8 Å². The van der Waals surface area contributed by atoms with Crippen molar-refractivity contribution >= 4 is 35.0 Å². The number of rotatable bonds is 3. The normalized spacial score (nSPS) is 16.6. The minimum atomic E-state index is 0.174. The van der Waals surface area contributed by atoms with Gasteiger partial charge >= 0.3 is 0 Å². The van der Waals surface area contributed by atoms with Gasteiger partial charge in [-0.05, 0) is 25.2 Å². The van der Waals surface area contributed by atoms with Crippen molar-refractivity contribution < 1.29 is 4.79 Å². The Bertz CT molecular complexity index is 461. The third-order valence-electron chi connectivity index (χ3n) is 3.18. The van der Waals surface area contributed by atoms with Gasteiger partial charge in [-0.2, -0.15) is 0 Å². The Hall–Kier alpha value is -0.910. The summed E-state index contributed by atoms with van der Waals surface area (Å²) < 4.78 is 0. The van der Waals surface area contributed by atoms with E-state index in [9.17, 15) is 4.79 Å². The van der Waals surface area contributed by atoms with Crippen LogP contribution in [-0.2, 0) is 4.79 Å². The fourth-order valence-corrected chi connectivity index (χ4v) is 2.97. The highest BCUT2D eigenvalue weighted by Gasteiger charge is 2.19. The first kappa shape index (κ1) is 14.5. The van der Waals surface area contributed by atoms with E-state index in [0.29, 0.717) is 16.5 Å². The first-order valence-electron chi connectivity index (χ1n) is 6.20. The molecule has 0 bridgehead atoms. The lowest BCUT2D eigenvalue weighted by Crippen LogP contribution is -2.47. The number of nitrogens with zero attached hydrogens (tertiary/aromatic N) is 2. The molecule has 1 fully saturated rings. The molecule has 2 N–H and O–H groups in total. The Morgan fingerprint density at radius 3 is 2.68 bits per heavy atom. The number of amides is 1. The van der Waals surface area contributed by atoms with Crippen molar-refractivity contribution in [3.8, 4) is 0 Å². The SMILES string of the molecule is CN1CCN(C(=O)CSc2ccc(Cl)cc2N)CC1. The van der Waals surface area contributed by atoms with Gasteiger partial charge in [-0.3, -0.25) is 4.79 Å². The van der Waals surface area contributed by atoms with Crippen LogP contribution in [0.1, 0.15) is 0 Å². The minimum absolute atomic E-state index is 0.174. The predicted octanol–water partition coefficient (Wildman–Crippen LogP) is 1.79. The van der Waals surface area contributed by atoms with Crippen LogP contribution >= 0.6 is 23.4 Å². The largest absolute Gasteiger partial charge is 0.398 e. The summed E-state index contributed by atoms with van der Waals surface area (Å²) in [6.45, 7) is 3.51. The molecule has 1 amide bonds. The van der Waals surface area contributed by atoms with E-state index in [1.807, 2.05) is 11.0 Å². The maximum atomic E-state index is 12.1. The molecular weight excluding hydrogens is 282 g/mol. The van der Waals surface area contributed by atoms with Gasteiger partial charge in [-0.1, -0.05) is 11.6 Å². The Kier molecular flexibility index (Phi) is 4.96. The van der Waals surface area contributed by atoms with Crippen molar-refractivity contribution in [2.45, 2.75) is 4.90 Å². The second-order valence-corrected chi connectivity index (χ2v) is 6.11. The van der Waals surface area contributed by atoms with Gasteiger partial charge in [0.25, 0.3) is 0 Å². The van der Waals surface area contributed by atoms with E-state index in [2.05, 4.69) is 11.9 Å². The fraction of sp³-hybridized carbons (Fsp3) is 0.462. The van der Waals surface area contributed by atoms with Crippen LogP contribution in [-0.4, -0.2) is 54.7 Å². The highest BCUT2D eigenvalue weighted by atomic mass is 35.5. The van der Waals surface area contributed by atoms with Crippen LogP contribution in [0.5, 0.6) is 0 Å². The van der Waals surface area contributed by atoms with Gasteiger partial charge in [0.2, 0.25) is 5.91 Å². The van der Waals surface area contributed by atoms with Gasteiger partial charge in [-0.25, -0.2) is 0 Å². The van der Waals surface area contributed by atoms with Crippen LogP contribution in [0.3, 0.4) is 0 Å². The monoisotopic (exact) mass is 299 g/mol. The van der Waals surface area contributed by atoms with E-state index in [4.69, 9.17) is 17.3 Å². The third kappa shape index (κ3) is 4.03. The number of halogens is 1. The van der Waals surface area contributed by atoms with Crippen molar-refractivity contribution in [1.29, 1.82) is 0 Å². The summed E-state index contributed by atoms with van der Waals surface area (Å²) in [6.07, 6.45) is 0. The molecule has 0 aliphatic carbocycles. The number of nitrogens with two attached hydrogens (primary N) is 1. The number of piperazine rings is 1. The van der Waals surface area contributed by atoms with Crippen LogP contribution in [0.15, 0.2) is 23.1 Å². The lowest BCUT2D eigenvalue weighted by Gasteiger charge is -2.32. The second kappa shape index (κ2) is 6.50. The van der Waals surface area contributed by atoms with E-state index in [0.717, 1.165) is 31.1 Å². The molecule has 1 saturated heterocycles. The number of carbonyl (C=O) groups excluding carboxylic acids is 1. The van der Waals surface area contributed by atoms with Crippen molar-refractivity contribution in [3.05, 3.63) is 23.2 Å². The van der Waals surface area contributed by atoms with E-state index < -0.39 is 0 Å². The van der Waals surface area contributed by atoms with Gasteiger partial charge in [0.15, 0.2) is 0 Å². The quantitative estimate of drug-likeness (QED) is 0.683. The van der Waals surface area contributed by atoms with Gasteiger partial charge < -0.3 is 15.5 Å². The summed E-state index contributed by atoms with van der Waals surface area (Å²) in [5.41, 5.74) is 6.50. The zero-order chi connectivity index (χ0) is 13.8. The summed E-state index contributed by atoms with van der Waals surface area (Å²) in [5.74, 6) is 0.600. The maximum Gasteiger partial charge on any atom is 0.233 e. The molecule has 104 valence electrons. The smallest absolute Gasteiger partial charge is 0.233 e. The molecule has 1 aliphatic rings. The number of benzene rings is 1. The number of nitrogen functional groups attached to an aromatic ring is 1. The zero-order valence-corrected chi connectivity index (χ0v) is 12.5. The minimum Gasteiger partial charge on any atom is -0.398 e. The van der Waals surface area contributed by atoms with Crippen molar-refractivity contribution in [1.82, 2.24) is 9.80 Å². The number of likely N-dealkylation sites (N-methyl/N-ethyl adjacent to an activating group) is 1. The summed E-state index contributed by atoms with van der Waals surface area (Å²) in [4.78, 5) is 17.1. The van der Waals surface area contributed by atoms with Crippen LogP contribution < -0.4 is 5.73 Å². The molecule has 6 heteroatoms. The molecule has 0 atom stereocenters. The molecule has 19 heavy (non-hydrogen) atoms. The molecule has 0 radical (unpaired) electrons. The Morgan fingerprint density at radius 1 is 1.37 bits per heavy atom. The van der Waals surface area contributed by atoms with Crippen LogP contribution in [0.25, 0.3) is 0 Å². The number of anilines is 1. The molecule has 2 rings (SSSR count). The summed E-state index contributed by atoms with van der Waals surface area (Å²) in [6, 6.07) is 5.37. The van der Waals surface area contributed by atoms with Crippen LogP contribution in [0.2, 0.25) is 5.02 Å². The molecule has 0 saturated carbocycles. The fourth-order valence-electron chi connectivity index (χ4n) is 1.94. The summed E-state index contributed by atoms with van der Waals surface area (Å²) >= 11 is 7.32. The molecule has 0 unspecified atom stereocenters. The Balaban J connectivity index is 1.86. The van der Waals surface area contributed by atoms with Crippen LogP contribution in [0.4, 0.5) is 5.69 Å². The molecule has 1 aromatic carbocycles. The van der Waals surface area contributed by atoms with E-state index in [1.165, 1.54) is 11.8 Å². The molecule has 0 spiro atoms. The van der Waals surface area contributed by atoms with Gasteiger partial charge in [0, 0.05) is 41.8 Å². The number of carbonyl (C=O) groups is 1. The highest BCUT2D eigenvalue weighted by Crippen LogP contribution is 2.27. The average Bonchev–Trinajstić information content (AvgIpc) is 2.38. The van der Waals surface area contributed by atoms with Gasteiger partial charge in [0.1, 0.15) is 0 Å². The Labute approximate surface area is 122 Å². The van der Waals surface area contributed by atoms with Crippen molar-refractivity contribution in [3.63, 3.8) is 0 Å². The molecule has 1 aliphatic heterocycles. The molecular formula is C13H18ClN3OS. The molecule has 0 aromatic heterocycles. The summed E-state index contributed by atoms with van der Waals surface area (Å²) in [5, 5.41) is 0.618. The highest BCUT2D eigenvalue weighted by molar-refractivity contribution is 8.00. The average molecular weight is 300 g/mol. The Morgan fingerprint density at radius 2 is 2.05 bits per heavy atom. The topological polar surface area (TPSA) is 49.6 Å². The standard InChI is InChI=1S/C13H18ClN3OS/c1-16-4-6-17(7-5-16)13(18)9-19-12-3-2-10(14)8-11(12)15/h2-3,8H,4-7,9,15H2,1H3. The van der Waals surface area contributed by atoms with Gasteiger partial charge in [0.05, 0.1) is 5.75 Å². The molecule has 4 nitrogen and oxygen atoms in total. The lowest BCUT2D eigenvalue weighted by atomic mass is 10.3. The lowest BCUT2D eigenvalue weighted by molar-refractivity contribution is -0.129. The first-order chi connectivity index (χ1) is 9.06. The second-order valence-electron chi connectivity index (χ2n) is 4.65. The first-order valence-corrected chi connectivity index (χ1v) is 7.57. The number of hydrogen-bond acceptors (Lipinski definition) is 4. The van der Waals surface area contributed by atoms with E-state index in [1.54, 1.807) is 12.1 Å². The van der Waals surface area contributed by atoms with Crippen molar-refractivity contribution in [2.75, 3.05) is 44.7 Å². The van der Waals surface area contributed by atoms with E-state index in [-0.39, 0.29) is 5.91 Å². The summed E-state index contributed by atoms with van der Waals surface area (Å²) in [7, 11) is 2.07. The van der Waals surface area contributed by atoms with Crippen LogP contribution in [0, 0.1) is 0 Å².